The van der Waals surface area contributed by atoms with Gasteiger partial charge in [-0.05, 0) is 69.9 Å². The molecule has 8 nitrogen and oxygen atoms in total. The molecular formula is C34H49N3O5. The monoisotopic (exact) mass is 579 g/mol. The summed E-state index contributed by atoms with van der Waals surface area (Å²) in [6.07, 6.45) is 6.74. The fourth-order valence-electron chi connectivity index (χ4n) is 7.92. The Morgan fingerprint density at radius 1 is 1.12 bits per heavy atom. The third kappa shape index (κ3) is 5.11. The van der Waals surface area contributed by atoms with Gasteiger partial charge in [0, 0.05) is 38.5 Å². The number of likely N-dealkylation sites (tertiary alicyclic amines) is 1. The molecule has 6 atom stereocenters. The van der Waals surface area contributed by atoms with Crippen LogP contribution in [0.3, 0.4) is 0 Å². The van der Waals surface area contributed by atoms with Crippen LogP contribution in [0.4, 0.5) is 5.69 Å². The summed E-state index contributed by atoms with van der Waals surface area (Å²) in [6.45, 7) is 19.5. The van der Waals surface area contributed by atoms with Crippen LogP contribution >= 0.6 is 0 Å². The highest BCUT2D eigenvalue weighted by atomic mass is 16.5. The van der Waals surface area contributed by atoms with Gasteiger partial charge in [-0.2, -0.15) is 0 Å². The minimum absolute atomic E-state index is 0.0274. The van der Waals surface area contributed by atoms with Gasteiger partial charge in [0.15, 0.2) is 0 Å². The molecule has 1 N–H and O–H groups in total. The van der Waals surface area contributed by atoms with Gasteiger partial charge in [-0.3, -0.25) is 14.4 Å². The number of aliphatic hydroxyl groups is 1. The molecular weight excluding hydrogens is 530 g/mol. The number of carbonyl (C=O) groups excluding carboxylic acids is 3. The molecule has 3 aliphatic heterocycles. The number of ether oxygens (including phenoxy) is 1. The van der Waals surface area contributed by atoms with Crippen molar-refractivity contribution in [2.24, 2.45) is 17.8 Å². The Morgan fingerprint density at radius 3 is 2.38 bits per heavy atom. The third-order valence-corrected chi connectivity index (χ3v) is 9.81. The number of hydrogen-bond acceptors (Lipinski definition) is 5. The van der Waals surface area contributed by atoms with Crippen LogP contribution in [0.25, 0.3) is 0 Å². The molecule has 3 saturated heterocycles. The average molecular weight is 580 g/mol. The Morgan fingerprint density at radius 2 is 1.79 bits per heavy atom. The van der Waals surface area contributed by atoms with Gasteiger partial charge in [-0.1, -0.05) is 44.2 Å². The lowest BCUT2D eigenvalue weighted by atomic mass is 9.62. The van der Waals surface area contributed by atoms with E-state index in [1.54, 1.807) is 26.9 Å². The summed E-state index contributed by atoms with van der Waals surface area (Å²) >= 11 is 0. The van der Waals surface area contributed by atoms with Crippen LogP contribution in [-0.2, 0) is 19.1 Å². The van der Waals surface area contributed by atoms with Crippen LogP contribution in [0, 0.1) is 31.6 Å². The zero-order valence-electron chi connectivity index (χ0n) is 26.1. The van der Waals surface area contributed by atoms with Crippen LogP contribution < -0.4 is 4.90 Å². The van der Waals surface area contributed by atoms with Crippen molar-refractivity contribution in [3.8, 4) is 0 Å². The van der Waals surface area contributed by atoms with Gasteiger partial charge >= 0.3 is 0 Å². The van der Waals surface area contributed by atoms with E-state index >= 15 is 0 Å². The molecule has 2 bridgehead atoms. The highest BCUT2D eigenvalue weighted by Crippen LogP contribution is 2.65. The van der Waals surface area contributed by atoms with E-state index in [0.29, 0.717) is 38.9 Å². The molecule has 3 heterocycles. The second-order valence-electron chi connectivity index (χ2n) is 12.6. The maximum Gasteiger partial charge on any atom is 0.253 e. The SMILES string of the molecule is C=CCN(CCC)C(=O)[C@@H]1[C@H]2C(=O)N(CCCCCO)C(C(=O)N(CC=C)c3c(C)cccc3C)C23CC(C)[C@@]1(C)O3. The molecule has 8 heteroatoms. The molecule has 0 radical (unpaired) electrons. The van der Waals surface area contributed by atoms with Crippen LogP contribution in [0.2, 0.25) is 0 Å². The standard InChI is InChI=1S/C34H49N3O5/c1-8-17-35(18-9-2)30(39)26-27-31(40)37(20-12-11-13-21-38)29(34(27)22-25(6)33(26,7)42-34)32(41)36(19-10-3)28-23(4)15-14-16-24(28)5/h8,10,14-16,25-27,29,38H,1,3,9,11-13,17-22H2,2,4-7H3/t25?,26-,27-,29?,33+,34?/m0/s1. The number of amides is 3. The van der Waals surface area contributed by atoms with Gasteiger partial charge in [-0.15, -0.1) is 13.2 Å². The molecule has 42 heavy (non-hydrogen) atoms. The van der Waals surface area contributed by atoms with Crippen molar-refractivity contribution in [2.75, 3.05) is 37.7 Å². The van der Waals surface area contributed by atoms with E-state index in [1.807, 2.05) is 45.9 Å². The predicted octanol–water partition coefficient (Wildman–Crippen LogP) is 4.42. The number of nitrogens with zero attached hydrogens (tertiary/aromatic N) is 3. The van der Waals surface area contributed by atoms with Crippen molar-refractivity contribution < 1.29 is 24.2 Å². The zero-order chi connectivity index (χ0) is 30.8. The third-order valence-electron chi connectivity index (χ3n) is 9.81. The summed E-state index contributed by atoms with van der Waals surface area (Å²) in [7, 11) is 0. The maximum absolute atomic E-state index is 14.9. The maximum atomic E-state index is 14.9. The quantitative estimate of drug-likeness (QED) is 0.260. The summed E-state index contributed by atoms with van der Waals surface area (Å²) in [5, 5.41) is 9.35. The van der Waals surface area contributed by atoms with Gasteiger partial charge in [0.25, 0.3) is 5.91 Å². The highest BCUT2D eigenvalue weighted by Gasteiger charge is 2.80. The Labute approximate surface area is 251 Å². The molecule has 0 saturated carbocycles. The van der Waals surface area contributed by atoms with Crippen LogP contribution in [0.5, 0.6) is 0 Å². The zero-order valence-corrected chi connectivity index (χ0v) is 26.1. The molecule has 3 unspecified atom stereocenters. The molecule has 3 fully saturated rings. The molecule has 230 valence electrons. The lowest BCUT2D eigenvalue weighted by Gasteiger charge is -2.39. The van der Waals surface area contributed by atoms with E-state index < -0.39 is 29.1 Å². The van der Waals surface area contributed by atoms with Gasteiger partial charge in [0.05, 0.1) is 17.4 Å². The number of para-hydroxylation sites is 1. The van der Waals surface area contributed by atoms with E-state index in [-0.39, 0.29) is 36.8 Å². The van der Waals surface area contributed by atoms with Crippen molar-refractivity contribution in [3.05, 3.63) is 54.6 Å². The Hall–Kier alpha value is -2.97. The van der Waals surface area contributed by atoms with Crippen molar-refractivity contribution in [1.29, 1.82) is 0 Å². The smallest absolute Gasteiger partial charge is 0.253 e. The first-order valence-electron chi connectivity index (χ1n) is 15.5. The minimum atomic E-state index is -1.11. The van der Waals surface area contributed by atoms with E-state index in [0.717, 1.165) is 29.7 Å². The Kier molecular flexibility index (Phi) is 9.68. The van der Waals surface area contributed by atoms with Gasteiger partial charge in [0.2, 0.25) is 11.8 Å². The molecule has 0 aliphatic carbocycles. The van der Waals surface area contributed by atoms with E-state index in [1.165, 1.54) is 0 Å². The normalized spacial score (nSPS) is 29.5. The molecule has 1 aromatic rings. The number of carbonyl (C=O) groups is 3. The average Bonchev–Trinajstić information content (AvgIpc) is 3.46. The summed E-state index contributed by atoms with van der Waals surface area (Å²) < 4.78 is 6.96. The van der Waals surface area contributed by atoms with Crippen LogP contribution in [-0.4, -0.2) is 82.7 Å². The number of aliphatic hydroxyl groups excluding tert-OH is 1. The highest BCUT2D eigenvalue weighted by molar-refractivity contribution is 6.05. The number of fused-ring (bicyclic) bond motifs is 1. The van der Waals surface area contributed by atoms with Gasteiger partial charge < -0.3 is 24.5 Å². The summed E-state index contributed by atoms with van der Waals surface area (Å²) in [5.41, 5.74) is 0.759. The number of anilines is 1. The summed E-state index contributed by atoms with van der Waals surface area (Å²) in [5.74, 6) is -1.94. The second-order valence-corrected chi connectivity index (χ2v) is 12.6. The Bertz CT molecular complexity index is 1200. The largest absolute Gasteiger partial charge is 0.396 e. The number of benzene rings is 1. The van der Waals surface area contributed by atoms with Crippen molar-refractivity contribution in [1.82, 2.24) is 9.80 Å². The number of rotatable bonds is 14. The first-order chi connectivity index (χ1) is 20.0. The van der Waals surface area contributed by atoms with E-state index in [2.05, 4.69) is 20.1 Å². The molecule has 3 aliphatic rings. The fourth-order valence-corrected chi connectivity index (χ4v) is 7.92. The summed E-state index contributed by atoms with van der Waals surface area (Å²) in [6, 6.07) is 5.06. The molecule has 1 aromatic carbocycles. The minimum Gasteiger partial charge on any atom is -0.396 e. The molecule has 0 aromatic heterocycles. The van der Waals surface area contributed by atoms with Gasteiger partial charge in [-0.25, -0.2) is 0 Å². The van der Waals surface area contributed by atoms with Crippen LogP contribution in [0.15, 0.2) is 43.5 Å². The Balaban J connectivity index is 1.84. The predicted molar refractivity (Wildman–Crippen MR) is 165 cm³/mol. The first-order valence-corrected chi connectivity index (χ1v) is 15.5. The van der Waals surface area contributed by atoms with E-state index in [9.17, 15) is 19.5 Å². The molecule has 1 spiro atoms. The second kappa shape index (κ2) is 12.7. The molecule has 3 amide bonds. The van der Waals surface area contributed by atoms with Gasteiger partial charge in [0.1, 0.15) is 11.6 Å². The topological polar surface area (TPSA) is 90.4 Å². The number of unbranched alkanes of at least 4 members (excludes halogenated alkanes) is 2. The first kappa shape index (κ1) is 32.0. The van der Waals surface area contributed by atoms with Crippen LogP contribution in [0.1, 0.15) is 64.0 Å². The van der Waals surface area contributed by atoms with Crippen molar-refractivity contribution >= 4 is 23.4 Å². The molecule has 4 rings (SSSR count). The van der Waals surface area contributed by atoms with Crippen molar-refractivity contribution in [2.45, 2.75) is 84.0 Å². The summed E-state index contributed by atoms with van der Waals surface area (Å²) in [4.78, 5) is 48.9. The fraction of sp³-hybridized carbons (Fsp3) is 0.618. The number of aryl methyl sites for hydroxylation is 2. The lowest BCUT2D eigenvalue weighted by Crippen LogP contribution is -2.57. The van der Waals surface area contributed by atoms with E-state index in [4.69, 9.17) is 4.74 Å². The number of hydrogen-bond donors (Lipinski definition) is 1. The lowest BCUT2D eigenvalue weighted by molar-refractivity contribution is -0.151. The van der Waals surface area contributed by atoms with Crippen molar-refractivity contribution in [3.63, 3.8) is 0 Å².